The number of carbonyl (C=O) groups excluding carboxylic acids is 2. The summed E-state index contributed by atoms with van der Waals surface area (Å²) in [4.78, 5) is 34.8. The molecular weight excluding hydrogens is 332 g/mol. The molecule has 0 saturated heterocycles. The Morgan fingerprint density at radius 2 is 2.00 bits per heavy atom. The number of esters is 2. The lowest BCUT2D eigenvalue weighted by atomic mass is 10.1. The largest absolute Gasteiger partial charge is 0.387 e. The van der Waals surface area contributed by atoms with E-state index in [9.17, 15) is 9.59 Å². The van der Waals surface area contributed by atoms with E-state index in [-0.39, 0.29) is 12.2 Å². The fraction of sp³-hybridized carbons (Fsp3) is 0.368. The standard InChI is InChI=1S/C19H22N4O3/c1-4-5-10-23-12-20-16-17(19(25)26-15(24)11-22(2)3)21-14-9-7-6-8-13(14)18(16)23/h6-9,12H,4-5,10-11H2,1-3H3. The lowest BCUT2D eigenvalue weighted by molar-refractivity contribution is -0.138. The maximum absolute atomic E-state index is 12.5. The molecule has 0 bridgehead atoms. The van der Waals surface area contributed by atoms with E-state index in [4.69, 9.17) is 4.74 Å². The van der Waals surface area contributed by atoms with Gasteiger partial charge in [-0.3, -0.25) is 9.69 Å². The second-order valence-electron chi connectivity index (χ2n) is 6.47. The van der Waals surface area contributed by atoms with E-state index in [1.807, 2.05) is 28.8 Å². The van der Waals surface area contributed by atoms with Gasteiger partial charge in [0.2, 0.25) is 0 Å². The summed E-state index contributed by atoms with van der Waals surface area (Å²) in [6, 6.07) is 7.59. The molecule has 0 aliphatic heterocycles. The highest BCUT2D eigenvalue weighted by Crippen LogP contribution is 2.26. The number of imidazole rings is 1. The van der Waals surface area contributed by atoms with Crippen LogP contribution in [-0.4, -0.2) is 52.0 Å². The molecule has 0 radical (unpaired) electrons. The number of hydrogen-bond acceptors (Lipinski definition) is 6. The number of para-hydroxylation sites is 1. The molecule has 2 aromatic heterocycles. The van der Waals surface area contributed by atoms with Gasteiger partial charge in [0.1, 0.15) is 5.52 Å². The molecule has 0 N–H and O–H groups in total. The van der Waals surface area contributed by atoms with Crippen molar-refractivity contribution < 1.29 is 14.3 Å². The molecule has 3 aromatic rings. The fourth-order valence-electron chi connectivity index (χ4n) is 2.87. The minimum Gasteiger partial charge on any atom is -0.387 e. The first-order chi connectivity index (χ1) is 12.5. The smallest absolute Gasteiger partial charge is 0.366 e. The summed E-state index contributed by atoms with van der Waals surface area (Å²) >= 11 is 0. The molecule has 136 valence electrons. The highest BCUT2D eigenvalue weighted by Gasteiger charge is 2.22. The van der Waals surface area contributed by atoms with E-state index in [1.54, 1.807) is 25.3 Å². The first kappa shape index (κ1) is 18.0. The number of likely N-dealkylation sites (N-methyl/N-ethyl adjacent to an activating group) is 1. The van der Waals surface area contributed by atoms with Crippen molar-refractivity contribution in [3.8, 4) is 0 Å². The molecule has 0 saturated carbocycles. The van der Waals surface area contributed by atoms with Gasteiger partial charge >= 0.3 is 11.9 Å². The van der Waals surface area contributed by atoms with Crippen LogP contribution in [0.3, 0.4) is 0 Å². The SMILES string of the molecule is CCCCn1cnc2c(C(=O)OC(=O)CN(C)C)nc3ccccc3c21. The zero-order valence-corrected chi connectivity index (χ0v) is 15.2. The average molecular weight is 354 g/mol. The van der Waals surface area contributed by atoms with Gasteiger partial charge in [-0.1, -0.05) is 31.5 Å². The highest BCUT2D eigenvalue weighted by atomic mass is 16.6. The number of ether oxygens (including phenoxy) is 1. The Balaban J connectivity index is 2.08. The number of aromatic nitrogens is 3. The number of carbonyl (C=O) groups is 2. The van der Waals surface area contributed by atoms with Crippen molar-refractivity contribution in [1.82, 2.24) is 19.4 Å². The second kappa shape index (κ2) is 7.61. The molecule has 1 aromatic carbocycles. The number of aryl methyl sites for hydroxylation is 1. The van der Waals surface area contributed by atoms with Crippen molar-refractivity contribution >= 4 is 33.9 Å². The van der Waals surface area contributed by atoms with Crippen molar-refractivity contribution in [3.05, 3.63) is 36.3 Å². The number of hydrogen-bond donors (Lipinski definition) is 0. The average Bonchev–Trinajstić information content (AvgIpc) is 3.02. The number of nitrogens with zero attached hydrogens (tertiary/aromatic N) is 4. The molecule has 0 atom stereocenters. The summed E-state index contributed by atoms with van der Waals surface area (Å²) in [5.74, 6) is -1.39. The summed E-state index contributed by atoms with van der Waals surface area (Å²) in [7, 11) is 3.46. The van der Waals surface area contributed by atoms with Gasteiger partial charge in [0.05, 0.1) is 23.9 Å². The van der Waals surface area contributed by atoms with Gasteiger partial charge in [-0.15, -0.1) is 0 Å². The second-order valence-corrected chi connectivity index (χ2v) is 6.47. The third-order valence-electron chi connectivity index (χ3n) is 4.05. The summed E-state index contributed by atoms with van der Waals surface area (Å²) < 4.78 is 6.99. The molecular formula is C19H22N4O3. The zero-order valence-electron chi connectivity index (χ0n) is 15.2. The van der Waals surface area contributed by atoms with E-state index in [0.29, 0.717) is 11.0 Å². The molecule has 0 unspecified atom stereocenters. The maximum atomic E-state index is 12.5. The zero-order chi connectivity index (χ0) is 18.7. The Bertz CT molecular complexity index is 962. The molecule has 0 aliphatic carbocycles. The van der Waals surface area contributed by atoms with Crippen LogP contribution >= 0.6 is 0 Å². The third kappa shape index (κ3) is 3.57. The first-order valence-corrected chi connectivity index (χ1v) is 8.64. The third-order valence-corrected chi connectivity index (χ3v) is 4.05. The lowest BCUT2D eigenvalue weighted by Crippen LogP contribution is -2.26. The Kier molecular flexibility index (Phi) is 5.27. The summed E-state index contributed by atoms with van der Waals surface area (Å²) in [6.07, 6.45) is 3.77. The van der Waals surface area contributed by atoms with E-state index in [1.165, 1.54) is 0 Å². The van der Waals surface area contributed by atoms with Crippen molar-refractivity contribution in [3.63, 3.8) is 0 Å². The summed E-state index contributed by atoms with van der Waals surface area (Å²) in [5, 5.41) is 0.923. The predicted molar refractivity (Wildman–Crippen MR) is 98.9 cm³/mol. The molecule has 7 heteroatoms. The highest BCUT2D eigenvalue weighted by molar-refractivity contribution is 6.12. The lowest BCUT2D eigenvalue weighted by Gasteiger charge is -2.10. The quantitative estimate of drug-likeness (QED) is 0.500. The number of unbranched alkanes of at least 4 members (excludes halogenated alkanes) is 1. The van der Waals surface area contributed by atoms with Crippen LogP contribution in [0.4, 0.5) is 0 Å². The Morgan fingerprint density at radius 1 is 1.23 bits per heavy atom. The molecule has 0 fully saturated rings. The van der Waals surface area contributed by atoms with Gasteiger partial charge in [-0.25, -0.2) is 14.8 Å². The normalized spacial score (nSPS) is 11.4. The number of rotatable bonds is 6. The van der Waals surface area contributed by atoms with E-state index in [2.05, 4.69) is 16.9 Å². The Labute approximate surface area is 151 Å². The van der Waals surface area contributed by atoms with Crippen LogP contribution < -0.4 is 0 Å². The van der Waals surface area contributed by atoms with Crippen LogP contribution in [0, 0.1) is 0 Å². The van der Waals surface area contributed by atoms with Crippen LogP contribution in [0.25, 0.3) is 21.9 Å². The Morgan fingerprint density at radius 3 is 2.73 bits per heavy atom. The van der Waals surface area contributed by atoms with Crippen molar-refractivity contribution in [2.24, 2.45) is 0 Å². The Hall–Kier alpha value is -2.80. The minimum absolute atomic E-state index is 0.0212. The summed E-state index contributed by atoms with van der Waals surface area (Å²) in [5.41, 5.74) is 2.05. The van der Waals surface area contributed by atoms with Crippen LogP contribution in [-0.2, 0) is 16.1 Å². The van der Waals surface area contributed by atoms with Gasteiger partial charge in [0, 0.05) is 11.9 Å². The molecule has 0 spiro atoms. The number of benzene rings is 1. The van der Waals surface area contributed by atoms with Crippen molar-refractivity contribution in [2.45, 2.75) is 26.3 Å². The summed E-state index contributed by atoms with van der Waals surface area (Å²) in [6.45, 7) is 2.94. The van der Waals surface area contributed by atoms with Crippen molar-refractivity contribution in [2.75, 3.05) is 20.6 Å². The molecule has 2 heterocycles. The van der Waals surface area contributed by atoms with Gasteiger partial charge in [-0.05, 0) is 26.6 Å². The fourth-order valence-corrected chi connectivity index (χ4v) is 2.87. The molecule has 26 heavy (non-hydrogen) atoms. The number of pyridine rings is 1. The molecule has 7 nitrogen and oxygen atoms in total. The van der Waals surface area contributed by atoms with Gasteiger partial charge in [0.15, 0.2) is 5.69 Å². The monoisotopic (exact) mass is 354 g/mol. The molecule has 3 rings (SSSR count). The maximum Gasteiger partial charge on any atom is 0.366 e. The van der Waals surface area contributed by atoms with Gasteiger partial charge in [-0.2, -0.15) is 0 Å². The van der Waals surface area contributed by atoms with E-state index >= 15 is 0 Å². The number of fused-ring (bicyclic) bond motifs is 3. The van der Waals surface area contributed by atoms with Gasteiger partial charge in [0.25, 0.3) is 0 Å². The topological polar surface area (TPSA) is 77.3 Å². The van der Waals surface area contributed by atoms with Crippen LogP contribution in [0.2, 0.25) is 0 Å². The molecule has 0 aliphatic rings. The molecule has 0 amide bonds. The minimum atomic E-state index is -0.770. The van der Waals surface area contributed by atoms with E-state index in [0.717, 1.165) is 30.3 Å². The van der Waals surface area contributed by atoms with Crippen LogP contribution in [0.1, 0.15) is 30.3 Å². The van der Waals surface area contributed by atoms with Crippen LogP contribution in [0.5, 0.6) is 0 Å². The van der Waals surface area contributed by atoms with Gasteiger partial charge < -0.3 is 9.30 Å². The van der Waals surface area contributed by atoms with E-state index < -0.39 is 11.9 Å². The van der Waals surface area contributed by atoms with Crippen molar-refractivity contribution in [1.29, 1.82) is 0 Å². The van der Waals surface area contributed by atoms with Crippen LogP contribution in [0.15, 0.2) is 30.6 Å². The first-order valence-electron chi connectivity index (χ1n) is 8.64. The predicted octanol–water partition coefficient (Wildman–Crippen LogP) is 2.63.